The highest BCUT2D eigenvalue weighted by molar-refractivity contribution is 5.91. The number of amides is 1. The van der Waals surface area contributed by atoms with E-state index in [4.69, 9.17) is 24.9 Å². The van der Waals surface area contributed by atoms with Crippen LogP contribution in [0.4, 0.5) is 16.6 Å². The number of aromatic nitrogens is 2. The Labute approximate surface area is 246 Å². The number of alkyl carbamates (subject to hydrolysis) is 1. The predicted molar refractivity (Wildman–Crippen MR) is 163 cm³/mol. The molecule has 1 aliphatic heterocycles. The summed E-state index contributed by atoms with van der Waals surface area (Å²) in [7, 11) is 3.18. The van der Waals surface area contributed by atoms with Crippen LogP contribution in [0.15, 0.2) is 66.7 Å². The minimum absolute atomic E-state index is 0.0610. The van der Waals surface area contributed by atoms with Crippen molar-refractivity contribution in [2.45, 2.75) is 50.2 Å². The standard InChI is InChI=1S/C33H37N5O4/c1-40-28-19-26-27(20-29(28)41-2)36-31(37-30(26)34)38-16-14-33(15-17-38,21-22-8-4-3-5-9-22)42-32(39)35-25-13-12-23-10-6-7-11-24(23)18-25/h3-11,19-20,25H,12-18,21H2,1-2H3,(H,35,39)(H2,34,36,37). The van der Waals surface area contributed by atoms with E-state index in [0.29, 0.717) is 66.5 Å². The predicted octanol–water partition coefficient (Wildman–Crippen LogP) is 5.09. The molecule has 3 N–H and O–H groups in total. The number of nitrogen functional groups attached to an aromatic ring is 1. The molecule has 2 aliphatic rings. The van der Waals surface area contributed by atoms with Gasteiger partial charge in [0.1, 0.15) is 11.4 Å². The van der Waals surface area contributed by atoms with Gasteiger partial charge in [-0.25, -0.2) is 9.78 Å². The fourth-order valence-electron chi connectivity index (χ4n) is 6.22. The lowest BCUT2D eigenvalue weighted by Crippen LogP contribution is -2.51. The summed E-state index contributed by atoms with van der Waals surface area (Å²) < 4.78 is 17.2. The number of nitrogens with two attached hydrogens (primary N) is 1. The first kappa shape index (κ1) is 27.6. The summed E-state index contributed by atoms with van der Waals surface area (Å²) in [5, 5.41) is 3.88. The van der Waals surface area contributed by atoms with E-state index in [1.165, 1.54) is 11.1 Å². The molecule has 0 radical (unpaired) electrons. The highest BCUT2D eigenvalue weighted by atomic mass is 16.6. The van der Waals surface area contributed by atoms with Crippen molar-refractivity contribution >= 4 is 28.8 Å². The van der Waals surface area contributed by atoms with Gasteiger partial charge in [0.25, 0.3) is 0 Å². The van der Waals surface area contributed by atoms with Gasteiger partial charge in [-0.2, -0.15) is 4.98 Å². The molecule has 218 valence electrons. The average Bonchev–Trinajstić information content (AvgIpc) is 3.01. The Hall–Kier alpha value is -4.53. The first-order chi connectivity index (χ1) is 20.4. The van der Waals surface area contributed by atoms with Gasteiger partial charge in [-0.3, -0.25) is 0 Å². The van der Waals surface area contributed by atoms with Gasteiger partial charge < -0.3 is 30.2 Å². The van der Waals surface area contributed by atoms with Crippen molar-refractivity contribution in [3.05, 3.63) is 83.4 Å². The molecule has 1 atom stereocenters. The summed E-state index contributed by atoms with van der Waals surface area (Å²) in [5.74, 6) is 2.08. The van der Waals surface area contributed by atoms with Gasteiger partial charge in [-0.15, -0.1) is 0 Å². The molecule has 1 fully saturated rings. The fourth-order valence-corrected chi connectivity index (χ4v) is 6.22. The summed E-state index contributed by atoms with van der Waals surface area (Å²) in [4.78, 5) is 24.9. The summed E-state index contributed by atoms with van der Waals surface area (Å²) in [5.41, 5.74) is 10.2. The maximum absolute atomic E-state index is 13.3. The van der Waals surface area contributed by atoms with Crippen LogP contribution in [0.3, 0.4) is 0 Å². The second-order valence-electron chi connectivity index (χ2n) is 11.2. The molecular formula is C33H37N5O4. The quantitative estimate of drug-likeness (QED) is 0.318. The molecule has 2 heterocycles. The van der Waals surface area contributed by atoms with Gasteiger partial charge in [0, 0.05) is 49.8 Å². The third-order valence-corrected chi connectivity index (χ3v) is 8.52. The molecule has 9 nitrogen and oxygen atoms in total. The number of aryl methyl sites for hydroxylation is 1. The van der Waals surface area contributed by atoms with Crippen LogP contribution >= 0.6 is 0 Å². The summed E-state index contributed by atoms with van der Waals surface area (Å²) in [6, 6.07) is 22.3. The molecule has 1 saturated heterocycles. The number of carbonyl (C=O) groups excluding carboxylic acids is 1. The first-order valence-electron chi connectivity index (χ1n) is 14.5. The van der Waals surface area contributed by atoms with Gasteiger partial charge in [0.2, 0.25) is 5.95 Å². The summed E-state index contributed by atoms with van der Waals surface area (Å²) >= 11 is 0. The number of fused-ring (bicyclic) bond motifs is 2. The lowest BCUT2D eigenvalue weighted by atomic mass is 9.85. The normalized spacial score (nSPS) is 17.8. The SMILES string of the molecule is COc1cc2nc(N3CCC(Cc4ccccc4)(OC(=O)NC4CCc5ccccc5C4)CC3)nc(N)c2cc1OC. The van der Waals surface area contributed by atoms with Gasteiger partial charge in [-0.05, 0) is 42.0 Å². The minimum atomic E-state index is -0.645. The maximum Gasteiger partial charge on any atom is 0.407 e. The van der Waals surface area contributed by atoms with Crippen LogP contribution < -0.4 is 25.4 Å². The zero-order chi connectivity index (χ0) is 29.1. The molecule has 1 aromatic heterocycles. The van der Waals surface area contributed by atoms with E-state index in [0.717, 1.165) is 24.8 Å². The summed E-state index contributed by atoms with van der Waals surface area (Å²) in [6.45, 7) is 1.24. The Morgan fingerprint density at radius 1 is 0.976 bits per heavy atom. The number of methoxy groups -OCH3 is 2. The van der Waals surface area contributed by atoms with Gasteiger partial charge in [0.05, 0.1) is 19.7 Å². The number of anilines is 2. The number of piperidine rings is 1. The smallest absolute Gasteiger partial charge is 0.407 e. The molecule has 1 aliphatic carbocycles. The Morgan fingerprint density at radius 2 is 1.67 bits per heavy atom. The van der Waals surface area contributed by atoms with Crippen LogP contribution in [0.25, 0.3) is 10.9 Å². The van der Waals surface area contributed by atoms with Crippen molar-refractivity contribution in [3.63, 3.8) is 0 Å². The Balaban J connectivity index is 1.19. The number of hydrogen-bond donors (Lipinski definition) is 2. The van der Waals surface area contributed by atoms with Crippen LogP contribution in [0.1, 0.15) is 36.0 Å². The van der Waals surface area contributed by atoms with E-state index in [1.807, 2.05) is 24.3 Å². The molecule has 42 heavy (non-hydrogen) atoms. The number of carbonyl (C=O) groups is 1. The largest absolute Gasteiger partial charge is 0.493 e. The Kier molecular flexibility index (Phi) is 7.73. The average molecular weight is 568 g/mol. The number of benzene rings is 3. The number of ether oxygens (including phenoxy) is 3. The molecular weight excluding hydrogens is 530 g/mol. The van der Waals surface area contributed by atoms with Crippen LogP contribution in [0.5, 0.6) is 11.5 Å². The number of hydrogen-bond acceptors (Lipinski definition) is 8. The van der Waals surface area contributed by atoms with Crippen molar-refractivity contribution in [2.24, 2.45) is 0 Å². The van der Waals surface area contributed by atoms with E-state index in [-0.39, 0.29) is 12.1 Å². The Bertz CT molecular complexity index is 1570. The molecule has 1 amide bonds. The van der Waals surface area contributed by atoms with Crippen molar-refractivity contribution < 1.29 is 19.0 Å². The van der Waals surface area contributed by atoms with E-state index in [9.17, 15) is 4.79 Å². The van der Waals surface area contributed by atoms with Gasteiger partial charge >= 0.3 is 6.09 Å². The Morgan fingerprint density at radius 3 is 2.40 bits per heavy atom. The van der Waals surface area contributed by atoms with E-state index in [1.54, 1.807) is 20.3 Å². The zero-order valence-corrected chi connectivity index (χ0v) is 24.1. The van der Waals surface area contributed by atoms with Crippen LogP contribution in [0, 0.1) is 0 Å². The highest BCUT2D eigenvalue weighted by Gasteiger charge is 2.40. The van der Waals surface area contributed by atoms with E-state index < -0.39 is 5.60 Å². The molecule has 0 saturated carbocycles. The van der Waals surface area contributed by atoms with Crippen LogP contribution in [-0.4, -0.2) is 55.0 Å². The van der Waals surface area contributed by atoms with Crippen molar-refractivity contribution in [2.75, 3.05) is 37.9 Å². The van der Waals surface area contributed by atoms with Crippen molar-refractivity contribution in [1.82, 2.24) is 15.3 Å². The topological polar surface area (TPSA) is 112 Å². The number of nitrogens with zero attached hydrogens (tertiary/aromatic N) is 3. The minimum Gasteiger partial charge on any atom is -0.493 e. The molecule has 0 spiro atoms. The van der Waals surface area contributed by atoms with E-state index in [2.05, 4.69) is 51.6 Å². The van der Waals surface area contributed by atoms with Gasteiger partial charge in [-0.1, -0.05) is 54.6 Å². The van der Waals surface area contributed by atoms with Crippen molar-refractivity contribution in [1.29, 1.82) is 0 Å². The molecule has 6 rings (SSSR count). The second kappa shape index (κ2) is 11.8. The molecule has 0 bridgehead atoms. The maximum atomic E-state index is 13.3. The highest BCUT2D eigenvalue weighted by Crippen LogP contribution is 2.36. The van der Waals surface area contributed by atoms with Crippen LogP contribution in [0.2, 0.25) is 0 Å². The lowest BCUT2D eigenvalue weighted by molar-refractivity contribution is -0.00881. The molecule has 3 aromatic carbocycles. The second-order valence-corrected chi connectivity index (χ2v) is 11.2. The number of rotatable bonds is 7. The summed E-state index contributed by atoms with van der Waals surface area (Å²) in [6.07, 6.45) is 4.24. The zero-order valence-electron chi connectivity index (χ0n) is 24.1. The first-order valence-corrected chi connectivity index (χ1v) is 14.5. The van der Waals surface area contributed by atoms with Crippen molar-refractivity contribution in [3.8, 4) is 11.5 Å². The van der Waals surface area contributed by atoms with Crippen LogP contribution in [-0.2, 0) is 24.0 Å². The molecule has 1 unspecified atom stereocenters. The number of nitrogens with one attached hydrogen (secondary N) is 1. The molecule has 4 aromatic rings. The lowest BCUT2D eigenvalue weighted by Gasteiger charge is -2.41. The fraction of sp³-hybridized carbons (Fsp3) is 0.364. The monoisotopic (exact) mass is 567 g/mol. The third-order valence-electron chi connectivity index (χ3n) is 8.52. The van der Waals surface area contributed by atoms with E-state index >= 15 is 0 Å². The third kappa shape index (κ3) is 5.77. The molecule has 9 heteroatoms. The van der Waals surface area contributed by atoms with Gasteiger partial charge in [0.15, 0.2) is 11.5 Å².